The van der Waals surface area contributed by atoms with Crippen LogP contribution in [0.1, 0.15) is 5.69 Å². The number of nitrogens with one attached hydrogen (secondary N) is 1. The van der Waals surface area contributed by atoms with Gasteiger partial charge in [0, 0.05) is 0 Å². The van der Waals surface area contributed by atoms with Crippen molar-refractivity contribution in [3.8, 4) is 5.75 Å². The van der Waals surface area contributed by atoms with Crippen molar-refractivity contribution in [1.29, 1.82) is 0 Å². The Labute approximate surface area is 103 Å². The maximum absolute atomic E-state index is 11.6. The Hall–Kier alpha value is -2.57. The maximum Gasteiger partial charge on any atom is 0.295 e. The number of hydrogen-bond acceptors (Lipinski definition) is 6. The largest absolute Gasteiger partial charge is 0.495 e. The van der Waals surface area contributed by atoms with Crippen LogP contribution in [0.2, 0.25) is 0 Å². The monoisotopic (exact) mass is 247 g/mol. The minimum absolute atomic E-state index is 0.148. The Morgan fingerprint density at radius 3 is 2.78 bits per heavy atom. The topological polar surface area (TPSA) is 95.1 Å². The van der Waals surface area contributed by atoms with E-state index in [4.69, 9.17) is 10.6 Å². The number of aromatic nitrogens is 3. The molecule has 1 aromatic carbocycles. The first-order chi connectivity index (χ1) is 8.63. The lowest BCUT2D eigenvalue weighted by Crippen LogP contribution is -2.32. The van der Waals surface area contributed by atoms with Gasteiger partial charge in [-0.1, -0.05) is 12.1 Å². The number of para-hydroxylation sites is 2. The van der Waals surface area contributed by atoms with Crippen LogP contribution in [-0.4, -0.2) is 22.0 Å². The first-order valence-electron chi connectivity index (χ1n) is 5.25. The number of rotatable bonds is 3. The zero-order valence-corrected chi connectivity index (χ0v) is 10.0. The molecule has 0 aliphatic rings. The van der Waals surface area contributed by atoms with E-state index in [-0.39, 0.29) is 11.6 Å². The van der Waals surface area contributed by atoms with Crippen LogP contribution < -0.4 is 21.5 Å². The molecule has 0 amide bonds. The average Bonchev–Trinajstić information content (AvgIpc) is 2.40. The number of nitrogens with zero attached hydrogens (tertiary/aromatic N) is 3. The highest BCUT2D eigenvalue weighted by Gasteiger charge is 2.09. The van der Waals surface area contributed by atoms with Crippen molar-refractivity contribution in [1.82, 2.24) is 14.9 Å². The van der Waals surface area contributed by atoms with Gasteiger partial charge >= 0.3 is 0 Å². The molecule has 0 saturated heterocycles. The Balaban J connectivity index is 2.41. The van der Waals surface area contributed by atoms with Crippen LogP contribution in [0.5, 0.6) is 5.75 Å². The highest BCUT2D eigenvalue weighted by molar-refractivity contribution is 5.62. The van der Waals surface area contributed by atoms with Gasteiger partial charge < -0.3 is 15.9 Å². The molecule has 2 aromatic rings. The smallest absolute Gasteiger partial charge is 0.295 e. The summed E-state index contributed by atoms with van der Waals surface area (Å²) in [6.45, 7) is 1.55. The van der Waals surface area contributed by atoms with Crippen molar-refractivity contribution in [3.63, 3.8) is 0 Å². The second kappa shape index (κ2) is 4.74. The van der Waals surface area contributed by atoms with Gasteiger partial charge in [0.25, 0.3) is 5.56 Å². The van der Waals surface area contributed by atoms with Crippen LogP contribution >= 0.6 is 0 Å². The number of nitrogen functional groups attached to an aromatic ring is 1. The lowest BCUT2D eigenvalue weighted by atomic mass is 10.3. The highest BCUT2D eigenvalue weighted by atomic mass is 16.5. The van der Waals surface area contributed by atoms with Crippen molar-refractivity contribution in [2.75, 3.05) is 18.3 Å². The SMILES string of the molecule is COc1ccccc1Nc1nnc(C)c(=O)n1N. The molecule has 0 fully saturated rings. The molecule has 18 heavy (non-hydrogen) atoms. The van der Waals surface area contributed by atoms with Gasteiger partial charge in [-0.05, 0) is 19.1 Å². The third-order valence-corrected chi connectivity index (χ3v) is 2.40. The predicted molar refractivity (Wildman–Crippen MR) is 67.5 cm³/mol. The van der Waals surface area contributed by atoms with Gasteiger partial charge in [0.05, 0.1) is 12.8 Å². The van der Waals surface area contributed by atoms with Gasteiger partial charge in [-0.3, -0.25) is 4.79 Å². The third-order valence-electron chi connectivity index (χ3n) is 2.40. The van der Waals surface area contributed by atoms with Crippen LogP contribution in [0.25, 0.3) is 0 Å². The highest BCUT2D eigenvalue weighted by Crippen LogP contribution is 2.25. The first kappa shape index (κ1) is 11.9. The summed E-state index contributed by atoms with van der Waals surface area (Å²) in [6, 6.07) is 7.22. The molecular weight excluding hydrogens is 234 g/mol. The van der Waals surface area contributed by atoms with Crippen molar-refractivity contribution in [2.45, 2.75) is 6.92 Å². The summed E-state index contributed by atoms with van der Waals surface area (Å²) in [4.78, 5) is 11.6. The Bertz CT molecular complexity index is 623. The number of anilines is 2. The predicted octanol–water partition coefficient (Wildman–Crippen LogP) is 0.413. The van der Waals surface area contributed by atoms with E-state index in [2.05, 4.69) is 15.5 Å². The molecule has 0 aliphatic heterocycles. The zero-order valence-electron chi connectivity index (χ0n) is 10.0. The fourth-order valence-electron chi connectivity index (χ4n) is 1.44. The van der Waals surface area contributed by atoms with E-state index in [9.17, 15) is 4.79 Å². The zero-order chi connectivity index (χ0) is 13.1. The van der Waals surface area contributed by atoms with Gasteiger partial charge in [0.1, 0.15) is 11.4 Å². The Morgan fingerprint density at radius 2 is 2.06 bits per heavy atom. The molecule has 1 heterocycles. The quantitative estimate of drug-likeness (QED) is 0.763. The van der Waals surface area contributed by atoms with E-state index >= 15 is 0 Å². The molecule has 0 atom stereocenters. The lowest BCUT2D eigenvalue weighted by Gasteiger charge is -2.11. The summed E-state index contributed by atoms with van der Waals surface area (Å²) >= 11 is 0. The van der Waals surface area contributed by atoms with Crippen molar-refractivity contribution in [2.24, 2.45) is 0 Å². The summed E-state index contributed by atoms with van der Waals surface area (Å²) in [7, 11) is 1.55. The molecule has 0 bridgehead atoms. The number of hydrogen-bond donors (Lipinski definition) is 2. The minimum Gasteiger partial charge on any atom is -0.495 e. The minimum atomic E-state index is -0.401. The molecular formula is C11H13N5O2. The lowest BCUT2D eigenvalue weighted by molar-refractivity contribution is 0.416. The fraction of sp³-hybridized carbons (Fsp3) is 0.182. The third kappa shape index (κ3) is 2.10. The molecule has 94 valence electrons. The number of aryl methyl sites for hydroxylation is 1. The molecule has 7 heteroatoms. The number of methoxy groups -OCH3 is 1. The summed E-state index contributed by atoms with van der Waals surface area (Å²) in [5.41, 5.74) is 0.488. The molecule has 1 aromatic heterocycles. The molecule has 7 nitrogen and oxygen atoms in total. The van der Waals surface area contributed by atoms with Gasteiger partial charge in [0.15, 0.2) is 0 Å². The van der Waals surface area contributed by atoms with Crippen LogP contribution in [0, 0.1) is 6.92 Å². The molecule has 3 N–H and O–H groups in total. The van der Waals surface area contributed by atoms with Gasteiger partial charge in [-0.25, -0.2) is 0 Å². The van der Waals surface area contributed by atoms with E-state index in [1.54, 1.807) is 26.2 Å². The molecule has 0 unspecified atom stereocenters. The number of benzene rings is 1. The van der Waals surface area contributed by atoms with Gasteiger partial charge in [-0.2, -0.15) is 4.68 Å². The second-order valence-electron chi connectivity index (χ2n) is 3.61. The van der Waals surface area contributed by atoms with Crippen LogP contribution in [0.4, 0.5) is 11.6 Å². The van der Waals surface area contributed by atoms with E-state index in [0.29, 0.717) is 11.4 Å². The van der Waals surface area contributed by atoms with Crippen molar-refractivity contribution >= 4 is 11.6 Å². The van der Waals surface area contributed by atoms with Crippen LogP contribution in [0.3, 0.4) is 0 Å². The second-order valence-corrected chi connectivity index (χ2v) is 3.61. The summed E-state index contributed by atoms with van der Waals surface area (Å²) < 4.78 is 6.08. The Morgan fingerprint density at radius 1 is 1.33 bits per heavy atom. The molecule has 0 saturated carbocycles. The maximum atomic E-state index is 11.6. The molecule has 0 spiro atoms. The first-order valence-corrected chi connectivity index (χ1v) is 5.25. The molecule has 0 radical (unpaired) electrons. The number of nitrogens with two attached hydrogens (primary N) is 1. The van der Waals surface area contributed by atoms with Crippen LogP contribution in [0.15, 0.2) is 29.1 Å². The fourth-order valence-corrected chi connectivity index (χ4v) is 1.44. The molecule has 0 aliphatic carbocycles. The van der Waals surface area contributed by atoms with Crippen LogP contribution in [-0.2, 0) is 0 Å². The van der Waals surface area contributed by atoms with E-state index in [1.807, 2.05) is 12.1 Å². The van der Waals surface area contributed by atoms with E-state index in [1.165, 1.54) is 0 Å². The van der Waals surface area contributed by atoms with Gasteiger partial charge in [-0.15, -0.1) is 10.2 Å². The summed E-state index contributed by atoms with van der Waals surface area (Å²) in [6.07, 6.45) is 0. The average molecular weight is 247 g/mol. The van der Waals surface area contributed by atoms with Crippen molar-refractivity contribution in [3.05, 3.63) is 40.3 Å². The summed E-state index contributed by atoms with van der Waals surface area (Å²) in [5, 5.41) is 10.5. The Kier molecular flexibility index (Phi) is 3.13. The standard InChI is InChI=1S/C11H13N5O2/c1-7-10(17)16(12)11(15-14-7)13-8-5-3-4-6-9(8)18-2/h3-6H,12H2,1-2H3,(H,13,15). The van der Waals surface area contributed by atoms with E-state index < -0.39 is 5.56 Å². The molecule has 2 rings (SSSR count). The van der Waals surface area contributed by atoms with Gasteiger partial charge in [0.2, 0.25) is 5.95 Å². The van der Waals surface area contributed by atoms with Crippen molar-refractivity contribution < 1.29 is 4.74 Å². The number of ether oxygens (including phenoxy) is 1. The van der Waals surface area contributed by atoms with E-state index in [0.717, 1.165) is 4.68 Å². The normalized spacial score (nSPS) is 10.1. The summed E-state index contributed by atoms with van der Waals surface area (Å²) in [5.74, 6) is 6.39.